The molecular weight excluding hydrogens is 302 g/mol. The molecule has 0 saturated heterocycles. The van der Waals surface area contributed by atoms with Crippen LogP contribution in [0.5, 0.6) is 0 Å². The molecule has 0 unspecified atom stereocenters. The van der Waals surface area contributed by atoms with Crippen LogP contribution in [-0.2, 0) is 11.4 Å². The molecule has 118 valence electrons. The highest BCUT2D eigenvalue weighted by molar-refractivity contribution is 6.13. The van der Waals surface area contributed by atoms with E-state index in [1.807, 2.05) is 42.5 Å². The van der Waals surface area contributed by atoms with Crippen LogP contribution in [0.3, 0.4) is 0 Å². The van der Waals surface area contributed by atoms with Gasteiger partial charge in [-0.2, -0.15) is 0 Å². The summed E-state index contributed by atoms with van der Waals surface area (Å²) in [7, 11) is 0. The van der Waals surface area contributed by atoms with Gasteiger partial charge in [-0.1, -0.05) is 35.5 Å². The zero-order valence-electron chi connectivity index (χ0n) is 12.8. The van der Waals surface area contributed by atoms with Crippen molar-refractivity contribution in [2.24, 2.45) is 5.16 Å². The molecule has 0 fully saturated rings. The van der Waals surface area contributed by atoms with Gasteiger partial charge in [0, 0.05) is 29.5 Å². The molecule has 0 radical (unpaired) electrons. The number of H-pyrrole nitrogens is 2. The lowest BCUT2D eigenvalue weighted by atomic mass is 10.1. The predicted octanol–water partition coefficient (Wildman–Crippen LogP) is 3.26. The molecule has 4 aromatic rings. The van der Waals surface area contributed by atoms with Crippen molar-refractivity contribution in [1.29, 1.82) is 0 Å². The van der Waals surface area contributed by atoms with E-state index in [9.17, 15) is 0 Å². The maximum absolute atomic E-state index is 5.50. The third kappa shape index (κ3) is 2.89. The molecule has 3 aromatic heterocycles. The molecule has 6 heteroatoms. The van der Waals surface area contributed by atoms with E-state index in [-0.39, 0.29) is 6.61 Å². The number of hydrogen-bond donors (Lipinski definition) is 2. The van der Waals surface area contributed by atoms with E-state index in [1.54, 1.807) is 24.8 Å². The number of benzene rings is 1. The smallest absolute Gasteiger partial charge is 0.174 e. The Kier molecular flexibility index (Phi) is 3.77. The topological polar surface area (TPSA) is 79.0 Å². The molecule has 2 N–H and O–H groups in total. The molecule has 0 aliphatic rings. The fraction of sp³-hybridized carbons (Fsp3) is 0.0556. The maximum Gasteiger partial charge on any atom is 0.174 e. The van der Waals surface area contributed by atoms with Gasteiger partial charge in [0.05, 0.1) is 17.4 Å². The van der Waals surface area contributed by atoms with E-state index in [4.69, 9.17) is 4.84 Å². The highest BCUT2D eigenvalue weighted by Crippen LogP contribution is 2.17. The third-order valence-corrected chi connectivity index (χ3v) is 3.64. The molecule has 6 nitrogen and oxygen atoms in total. The monoisotopic (exact) mass is 317 g/mol. The van der Waals surface area contributed by atoms with Gasteiger partial charge in [-0.25, -0.2) is 4.98 Å². The summed E-state index contributed by atoms with van der Waals surface area (Å²) in [5.74, 6) is 0.729. The summed E-state index contributed by atoms with van der Waals surface area (Å²) in [6.07, 6.45) is 7.01. The Balaban J connectivity index is 1.69. The van der Waals surface area contributed by atoms with Gasteiger partial charge in [0.25, 0.3) is 0 Å². The summed E-state index contributed by atoms with van der Waals surface area (Å²) >= 11 is 0. The van der Waals surface area contributed by atoms with Crippen LogP contribution in [0, 0.1) is 0 Å². The zero-order chi connectivity index (χ0) is 16.2. The van der Waals surface area contributed by atoms with Gasteiger partial charge in [-0.15, -0.1) is 0 Å². The summed E-state index contributed by atoms with van der Waals surface area (Å²) in [4.78, 5) is 20.1. The van der Waals surface area contributed by atoms with E-state index in [2.05, 4.69) is 25.1 Å². The third-order valence-electron chi connectivity index (χ3n) is 3.64. The Labute approximate surface area is 138 Å². The number of aromatic amines is 2. The van der Waals surface area contributed by atoms with Gasteiger partial charge >= 0.3 is 0 Å². The first kappa shape index (κ1) is 14.2. The second-order valence-electron chi connectivity index (χ2n) is 5.26. The number of aromatic nitrogens is 4. The number of hydrogen-bond acceptors (Lipinski definition) is 4. The van der Waals surface area contributed by atoms with Gasteiger partial charge in [0.2, 0.25) is 0 Å². The molecule has 4 rings (SSSR count). The van der Waals surface area contributed by atoms with Crippen molar-refractivity contribution in [2.75, 3.05) is 0 Å². The van der Waals surface area contributed by atoms with E-state index in [0.717, 1.165) is 33.7 Å². The quantitative estimate of drug-likeness (QED) is 0.438. The Morgan fingerprint density at radius 2 is 2.04 bits per heavy atom. The number of oxime groups is 1. The Hall–Kier alpha value is -3.41. The number of rotatable bonds is 5. The lowest BCUT2D eigenvalue weighted by Gasteiger charge is -2.05. The molecule has 0 saturated carbocycles. The molecule has 1 aromatic carbocycles. The second kappa shape index (κ2) is 6.37. The van der Waals surface area contributed by atoms with Crippen LogP contribution in [0.2, 0.25) is 0 Å². The molecular formula is C18H15N5O. The summed E-state index contributed by atoms with van der Waals surface area (Å²) in [5.41, 5.74) is 3.54. The van der Waals surface area contributed by atoms with Gasteiger partial charge < -0.3 is 14.8 Å². The van der Waals surface area contributed by atoms with Crippen molar-refractivity contribution < 1.29 is 4.84 Å². The fourth-order valence-corrected chi connectivity index (χ4v) is 2.49. The molecule has 0 aliphatic carbocycles. The average molecular weight is 317 g/mol. The van der Waals surface area contributed by atoms with Crippen molar-refractivity contribution in [3.05, 3.63) is 84.3 Å². The van der Waals surface area contributed by atoms with E-state index in [0.29, 0.717) is 0 Å². The minimum atomic E-state index is 0.283. The first-order valence-electron chi connectivity index (χ1n) is 7.57. The number of fused-ring (bicyclic) bond motifs is 1. The zero-order valence-corrected chi connectivity index (χ0v) is 12.8. The lowest BCUT2D eigenvalue weighted by molar-refractivity contribution is 0.125. The molecule has 0 bridgehead atoms. The van der Waals surface area contributed by atoms with E-state index < -0.39 is 0 Å². The fourth-order valence-electron chi connectivity index (χ4n) is 2.49. The van der Waals surface area contributed by atoms with Crippen LogP contribution in [0.4, 0.5) is 0 Å². The standard InChI is InChI=1S/C18H15N5O/c1-2-4-13(5-3-1)18(23-24-12-17-20-8-9-21-17)15-10-14-6-7-19-11-16(14)22-15/h1-11,22H,12H2,(H,20,21). The first-order valence-corrected chi connectivity index (χ1v) is 7.57. The van der Waals surface area contributed by atoms with Gasteiger partial charge in [-0.05, 0) is 12.1 Å². The van der Waals surface area contributed by atoms with Crippen LogP contribution < -0.4 is 0 Å². The van der Waals surface area contributed by atoms with Crippen LogP contribution in [0.1, 0.15) is 17.1 Å². The number of nitrogens with zero attached hydrogens (tertiary/aromatic N) is 3. The maximum atomic E-state index is 5.50. The highest BCUT2D eigenvalue weighted by atomic mass is 16.6. The van der Waals surface area contributed by atoms with Crippen molar-refractivity contribution in [3.8, 4) is 0 Å². The molecule has 24 heavy (non-hydrogen) atoms. The van der Waals surface area contributed by atoms with Crippen molar-refractivity contribution in [3.63, 3.8) is 0 Å². The van der Waals surface area contributed by atoms with Crippen molar-refractivity contribution in [1.82, 2.24) is 19.9 Å². The summed E-state index contributed by atoms with van der Waals surface area (Å²) < 4.78 is 0. The van der Waals surface area contributed by atoms with Crippen LogP contribution in [0.25, 0.3) is 10.9 Å². The molecule has 0 atom stereocenters. The normalized spacial score (nSPS) is 11.8. The van der Waals surface area contributed by atoms with Crippen LogP contribution >= 0.6 is 0 Å². The number of imidazole rings is 1. The largest absolute Gasteiger partial charge is 0.387 e. The predicted molar refractivity (Wildman–Crippen MR) is 91.6 cm³/mol. The van der Waals surface area contributed by atoms with Crippen LogP contribution in [-0.4, -0.2) is 25.6 Å². The van der Waals surface area contributed by atoms with Crippen LogP contribution in [0.15, 0.2) is 72.4 Å². The Morgan fingerprint density at radius 3 is 2.83 bits per heavy atom. The van der Waals surface area contributed by atoms with E-state index in [1.165, 1.54) is 0 Å². The second-order valence-corrected chi connectivity index (χ2v) is 5.26. The number of nitrogens with one attached hydrogen (secondary N) is 2. The van der Waals surface area contributed by atoms with Crippen molar-refractivity contribution in [2.45, 2.75) is 6.61 Å². The van der Waals surface area contributed by atoms with Gasteiger partial charge in [-0.3, -0.25) is 4.98 Å². The van der Waals surface area contributed by atoms with E-state index >= 15 is 0 Å². The Bertz CT molecular complexity index is 924. The molecule has 0 spiro atoms. The number of pyridine rings is 1. The summed E-state index contributed by atoms with van der Waals surface area (Å²) in [6.45, 7) is 0.283. The molecule has 0 aliphatic heterocycles. The van der Waals surface area contributed by atoms with Gasteiger partial charge in [0.15, 0.2) is 6.61 Å². The molecule has 0 amide bonds. The summed E-state index contributed by atoms with van der Waals surface area (Å²) in [6, 6.07) is 13.9. The highest BCUT2D eigenvalue weighted by Gasteiger charge is 2.11. The first-order chi connectivity index (χ1) is 11.9. The average Bonchev–Trinajstić information content (AvgIpc) is 3.28. The SMILES string of the molecule is c1ccc(C(=NOCc2ncc[nH]2)c2cc3ccncc3[nH]2)cc1. The summed E-state index contributed by atoms with van der Waals surface area (Å²) in [5, 5.41) is 5.42. The Morgan fingerprint density at radius 1 is 1.12 bits per heavy atom. The minimum Gasteiger partial charge on any atom is -0.387 e. The minimum absolute atomic E-state index is 0.283. The molecule has 3 heterocycles. The van der Waals surface area contributed by atoms with Crippen molar-refractivity contribution >= 4 is 16.6 Å². The van der Waals surface area contributed by atoms with Gasteiger partial charge in [0.1, 0.15) is 11.5 Å². The lowest BCUT2D eigenvalue weighted by Crippen LogP contribution is -2.05.